The Bertz CT molecular complexity index is 291. The molecule has 104 valence electrons. The van der Waals surface area contributed by atoms with E-state index in [0.717, 1.165) is 32.3 Å². The second-order valence-electron chi connectivity index (χ2n) is 5.39. The zero-order valence-electron chi connectivity index (χ0n) is 11.1. The molecule has 1 unspecified atom stereocenters. The third-order valence-electron chi connectivity index (χ3n) is 4.17. The van der Waals surface area contributed by atoms with Crippen LogP contribution in [-0.4, -0.2) is 61.0 Å². The molecule has 2 fully saturated rings. The van der Waals surface area contributed by atoms with E-state index in [1.165, 1.54) is 6.42 Å². The van der Waals surface area contributed by atoms with Crippen molar-refractivity contribution >= 4 is 5.97 Å². The van der Waals surface area contributed by atoms with Crippen LogP contribution in [0.4, 0.5) is 0 Å². The Morgan fingerprint density at radius 3 is 2.89 bits per heavy atom. The number of carboxylic acid groups (broad SMARTS) is 1. The van der Waals surface area contributed by atoms with Crippen molar-refractivity contribution in [3.8, 4) is 0 Å². The van der Waals surface area contributed by atoms with Crippen LogP contribution < -0.4 is 0 Å². The number of carbonyl (C=O) groups is 1. The van der Waals surface area contributed by atoms with Gasteiger partial charge in [-0.3, -0.25) is 9.69 Å². The quantitative estimate of drug-likeness (QED) is 0.772. The van der Waals surface area contributed by atoms with Crippen molar-refractivity contribution in [2.45, 2.75) is 43.7 Å². The maximum Gasteiger partial charge on any atom is 0.317 e. The van der Waals surface area contributed by atoms with Crippen LogP contribution in [0.2, 0.25) is 0 Å². The Hall–Kier alpha value is -0.650. The van der Waals surface area contributed by atoms with Crippen molar-refractivity contribution in [1.82, 2.24) is 4.90 Å². The summed E-state index contributed by atoms with van der Waals surface area (Å²) in [6.07, 6.45) is 5.41. The molecule has 0 radical (unpaired) electrons. The fourth-order valence-corrected chi connectivity index (χ4v) is 3.01. The Morgan fingerprint density at radius 2 is 2.33 bits per heavy atom. The highest BCUT2D eigenvalue weighted by molar-refractivity contribution is 5.69. The number of carboxylic acids is 1. The van der Waals surface area contributed by atoms with Gasteiger partial charge in [0.15, 0.2) is 0 Å². The van der Waals surface area contributed by atoms with E-state index in [0.29, 0.717) is 19.2 Å². The summed E-state index contributed by atoms with van der Waals surface area (Å²) in [4.78, 5) is 13.0. The normalized spacial score (nSPS) is 26.2. The Labute approximate surface area is 108 Å². The number of rotatable bonds is 6. The van der Waals surface area contributed by atoms with Gasteiger partial charge in [0.05, 0.1) is 18.8 Å². The molecule has 2 aliphatic rings. The summed E-state index contributed by atoms with van der Waals surface area (Å²) in [5, 5.41) is 9.00. The topological polar surface area (TPSA) is 59.0 Å². The lowest BCUT2D eigenvalue weighted by molar-refractivity contribution is -0.155. The van der Waals surface area contributed by atoms with Gasteiger partial charge in [-0.05, 0) is 32.1 Å². The van der Waals surface area contributed by atoms with E-state index in [9.17, 15) is 4.79 Å². The van der Waals surface area contributed by atoms with Crippen molar-refractivity contribution in [2.24, 2.45) is 0 Å². The lowest BCUT2D eigenvalue weighted by Gasteiger charge is -2.49. The predicted molar refractivity (Wildman–Crippen MR) is 66.6 cm³/mol. The molecular weight excluding hydrogens is 234 g/mol. The average Bonchev–Trinajstić information content (AvgIpc) is 2.32. The van der Waals surface area contributed by atoms with Crippen LogP contribution in [0.15, 0.2) is 0 Å². The second-order valence-corrected chi connectivity index (χ2v) is 5.39. The van der Waals surface area contributed by atoms with Crippen LogP contribution in [0.5, 0.6) is 0 Å². The summed E-state index contributed by atoms with van der Waals surface area (Å²) in [6, 6.07) is 0.324. The molecule has 2 rings (SSSR count). The van der Waals surface area contributed by atoms with Gasteiger partial charge in [0.2, 0.25) is 0 Å². The Balaban J connectivity index is 1.93. The summed E-state index contributed by atoms with van der Waals surface area (Å²) in [5.41, 5.74) is 0.0622. The number of ether oxygens (including phenoxy) is 2. The van der Waals surface area contributed by atoms with Crippen LogP contribution >= 0.6 is 0 Å². The van der Waals surface area contributed by atoms with Gasteiger partial charge in [0.1, 0.15) is 0 Å². The van der Waals surface area contributed by atoms with Gasteiger partial charge in [0.25, 0.3) is 0 Å². The summed E-state index contributed by atoms with van der Waals surface area (Å²) < 4.78 is 11.0. The predicted octanol–water partition coefficient (Wildman–Crippen LogP) is 1.12. The number of hydrogen-bond acceptors (Lipinski definition) is 4. The molecule has 0 aromatic heterocycles. The maximum absolute atomic E-state index is 10.9. The maximum atomic E-state index is 10.9. The van der Waals surface area contributed by atoms with Gasteiger partial charge < -0.3 is 14.6 Å². The third-order valence-corrected chi connectivity index (χ3v) is 4.17. The molecule has 5 heteroatoms. The van der Waals surface area contributed by atoms with E-state index in [1.54, 1.807) is 7.11 Å². The average molecular weight is 257 g/mol. The molecule has 1 saturated carbocycles. The van der Waals surface area contributed by atoms with Gasteiger partial charge >= 0.3 is 5.97 Å². The molecule has 0 bridgehead atoms. The van der Waals surface area contributed by atoms with Crippen molar-refractivity contribution < 1.29 is 19.4 Å². The number of methoxy groups -OCH3 is 1. The standard InChI is InChI=1S/C13H23NO4/c1-17-8-6-14(10-12(15)16)11-3-7-18-13(9-11)4-2-5-13/h11H,2-10H2,1H3,(H,15,16). The first kappa shape index (κ1) is 13.8. The summed E-state index contributed by atoms with van der Waals surface area (Å²) in [5.74, 6) is -0.764. The summed E-state index contributed by atoms with van der Waals surface area (Å²) in [6.45, 7) is 2.12. The van der Waals surface area contributed by atoms with Gasteiger partial charge in [-0.1, -0.05) is 0 Å². The van der Waals surface area contributed by atoms with Crippen molar-refractivity contribution in [3.05, 3.63) is 0 Å². The minimum atomic E-state index is -0.764. The fourth-order valence-electron chi connectivity index (χ4n) is 3.01. The molecule has 1 aliphatic heterocycles. The monoisotopic (exact) mass is 257 g/mol. The van der Waals surface area contributed by atoms with Gasteiger partial charge in [-0.2, -0.15) is 0 Å². The van der Waals surface area contributed by atoms with Crippen LogP contribution in [0, 0.1) is 0 Å². The largest absolute Gasteiger partial charge is 0.480 e. The molecule has 18 heavy (non-hydrogen) atoms. The van der Waals surface area contributed by atoms with E-state index >= 15 is 0 Å². The molecular formula is C13H23NO4. The zero-order valence-corrected chi connectivity index (χ0v) is 11.1. The van der Waals surface area contributed by atoms with E-state index in [2.05, 4.69) is 0 Å². The molecule has 5 nitrogen and oxygen atoms in total. The Morgan fingerprint density at radius 1 is 1.56 bits per heavy atom. The zero-order chi connectivity index (χ0) is 13.0. The summed E-state index contributed by atoms with van der Waals surface area (Å²) in [7, 11) is 1.65. The number of hydrogen-bond donors (Lipinski definition) is 1. The van der Waals surface area contributed by atoms with Gasteiger partial charge in [-0.15, -0.1) is 0 Å². The molecule has 0 aromatic carbocycles. The minimum Gasteiger partial charge on any atom is -0.480 e. The smallest absolute Gasteiger partial charge is 0.317 e. The van der Waals surface area contributed by atoms with E-state index < -0.39 is 5.97 Å². The first-order valence-electron chi connectivity index (χ1n) is 6.74. The molecule has 1 saturated heterocycles. The number of aliphatic carboxylic acids is 1. The van der Waals surface area contributed by atoms with Crippen LogP contribution in [-0.2, 0) is 14.3 Å². The van der Waals surface area contributed by atoms with Crippen molar-refractivity contribution in [3.63, 3.8) is 0 Å². The molecule has 0 amide bonds. The fraction of sp³-hybridized carbons (Fsp3) is 0.923. The first-order chi connectivity index (χ1) is 8.65. The summed E-state index contributed by atoms with van der Waals surface area (Å²) >= 11 is 0. The lowest BCUT2D eigenvalue weighted by atomic mass is 9.73. The minimum absolute atomic E-state index is 0.0622. The second kappa shape index (κ2) is 5.99. The molecule has 1 aliphatic carbocycles. The van der Waals surface area contributed by atoms with Gasteiger partial charge in [-0.25, -0.2) is 0 Å². The van der Waals surface area contributed by atoms with Crippen LogP contribution in [0.25, 0.3) is 0 Å². The van der Waals surface area contributed by atoms with Crippen LogP contribution in [0.1, 0.15) is 32.1 Å². The highest BCUT2D eigenvalue weighted by Crippen LogP contribution is 2.43. The van der Waals surface area contributed by atoms with E-state index in [4.69, 9.17) is 14.6 Å². The first-order valence-corrected chi connectivity index (χ1v) is 6.74. The third kappa shape index (κ3) is 3.22. The number of nitrogens with zero attached hydrogens (tertiary/aromatic N) is 1. The highest BCUT2D eigenvalue weighted by Gasteiger charge is 2.43. The van der Waals surface area contributed by atoms with Gasteiger partial charge in [0, 0.05) is 26.3 Å². The molecule has 0 aromatic rings. The highest BCUT2D eigenvalue weighted by atomic mass is 16.5. The SMILES string of the molecule is COCCN(CC(=O)O)C1CCOC2(CCC2)C1. The lowest BCUT2D eigenvalue weighted by Crippen LogP contribution is -2.53. The van der Waals surface area contributed by atoms with Crippen molar-refractivity contribution in [1.29, 1.82) is 0 Å². The molecule has 1 spiro atoms. The molecule has 1 heterocycles. The van der Waals surface area contributed by atoms with Crippen molar-refractivity contribution in [2.75, 3.05) is 33.4 Å². The van der Waals surface area contributed by atoms with E-state index in [-0.39, 0.29) is 12.1 Å². The van der Waals surface area contributed by atoms with Crippen LogP contribution in [0.3, 0.4) is 0 Å². The molecule has 1 atom stereocenters. The molecule has 1 N–H and O–H groups in total. The Kier molecular flexibility index (Phi) is 4.59. The van der Waals surface area contributed by atoms with E-state index in [1.807, 2.05) is 4.90 Å².